The molecule has 3 aromatic heterocycles. The van der Waals surface area contributed by atoms with Crippen LogP contribution in [0.3, 0.4) is 0 Å². The Labute approximate surface area is 278 Å². The molecule has 0 N–H and O–H groups in total. The lowest BCUT2D eigenvalue weighted by atomic mass is 10.0. The van der Waals surface area contributed by atoms with Crippen LogP contribution in [-0.2, 0) is 5.54 Å². The lowest BCUT2D eigenvalue weighted by Crippen LogP contribution is -2.21. The highest BCUT2D eigenvalue weighted by Crippen LogP contribution is 2.45. The Bertz CT molecular complexity index is 2680. The minimum absolute atomic E-state index is 0.0417. The minimum atomic E-state index is -0.0417. The second kappa shape index (κ2) is 10.5. The first kappa shape index (κ1) is 28.2. The van der Waals surface area contributed by atoms with Gasteiger partial charge in [0.2, 0.25) is 0 Å². The van der Waals surface area contributed by atoms with E-state index in [0.717, 1.165) is 61.1 Å². The number of para-hydroxylation sites is 4. The number of hydrogen-bond donors (Lipinski definition) is 0. The van der Waals surface area contributed by atoms with E-state index in [1.807, 2.05) is 18.2 Å². The summed E-state index contributed by atoms with van der Waals surface area (Å²) in [6, 6.07) is 45.2. The van der Waals surface area contributed by atoms with E-state index in [1.165, 1.54) is 27.4 Å². The summed E-state index contributed by atoms with van der Waals surface area (Å²) >= 11 is 0. The van der Waals surface area contributed by atoms with Gasteiger partial charge in [-0.15, -0.1) is 0 Å². The van der Waals surface area contributed by atoms with Crippen LogP contribution >= 0.6 is 0 Å². The monoisotopic (exact) mass is 622 g/mol. The van der Waals surface area contributed by atoms with E-state index in [1.54, 1.807) is 6.26 Å². The molecule has 9 rings (SSSR count). The molecule has 0 radical (unpaired) electrons. The second-order valence-corrected chi connectivity index (χ2v) is 13.4. The highest BCUT2D eigenvalue weighted by atomic mass is 16.3. The molecule has 4 heteroatoms. The first-order valence-electron chi connectivity index (χ1n) is 16.4. The van der Waals surface area contributed by atoms with Crippen molar-refractivity contribution in [2.24, 2.45) is 0 Å². The molecule has 4 nitrogen and oxygen atoms in total. The molecule has 6 aromatic carbocycles. The van der Waals surface area contributed by atoms with Gasteiger partial charge >= 0.3 is 0 Å². The molecule has 0 unspecified atom stereocenters. The standard InChI is InChI=1S/C44H34N2O2/c1-5-28-27-47-42-32(28)14-10-17-39(42)45(40-18-11-15-35-34-13-7-9-19-41(34)48-43(35)40)31-23-20-29(21-24-31)30-22-25-38-36(26-30)33-12-6-8-16-37(33)46(38)44(2,3)4/h5-27H,1H2,2-4H3. The number of rotatable bonds is 5. The zero-order valence-corrected chi connectivity index (χ0v) is 27.2. The van der Waals surface area contributed by atoms with E-state index in [0.29, 0.717) is 0 Å². The van der Waals surface area contributed by atoms with Crippen molar-refractivity contribution in [2.75, 3.05) is 4.90 Å². The first-order chi connectivity index (χ1) is 23.4. The van der Waals surface area contributed by atoms with Crippen molar-refractivity contribution in [1.82, 2.24) is 4.57 Å². The van der Waals surface area contributed by atoms with Crippen molar-refractivity contribution in [1.29, 1.82) is 0 Å². The molecule has 232 valence electrons. The molecule has 0 fully saturated rings. The van der Waals surface area contributed by atoms with Crippen LogP contribution in [0.1, 0.15) is 26.3 Å². The highest BCUT2D eigenvalue weighted by molar-refractivity contribution is 6.12. The van der Waals surface area contributed by atoms with Gasteiger partial charge in [-0.2, -0.15) is 0 Å². The SMILES string of the molecule is C=Cc1coc2c(N(c3ccc(-c4ccc5c(c4)c4ccccc4n5C(C)(C)C)cc3)c3cccc4c3oc3ccccc34)cccc12. The molecule has 0 aliphatic carbocycles. The summed E-state index contributed by atoms with van der Waals surface area (Å²) in [5, 5.41) is 5.73. The third kappa shape index (κ3) is 4.22. The summed E-state index contributed by atoms with van der Waals surface area (Å²) in [7, 11) is 0. The normalized spacial score (nSPS) is 12.1. The van der Waals surface area contributed by atoms with Gasteiger partial charge in [-0.3, -0.25) is 0 Å². The molecule has 3 heterocycles. The molecule has 0 spiro atoms. The van der Waals surface area contributed by atoms with Crippen molar-refractivity contribution in [2.45, 2.75) is 26.3 Å². The van der Waals surface area contributed by atoms with E-state index in [4.69, 9.17) is 8.83 Å². The molecule has 0 atom stereocenters. The molecule has 0 aliphatic rings. The average molecular weight is 623 g/mol. The molecule has 0 saturated heterocycles. The summed E-state index contributed by atoms with van der Waals surface area (Å²) in [5.74, 6) is 0. The summed E-state index contributed by atoms with van der Waals surface area (Å²) in [6.07, 6.45) is 3.61. The maximum Gasteiger partial charge on any atom is 0.159 e. The molecule has 9 aromatic rings. The largest absolute Gasteiger partial charge is 0.461 e. The van der Waals surface area contributed by atoms with Crippen LogP contribution in [0.15, 0.2) is 149 Å². The van der Waals surface area contributed by atoms with Gasteiger partial charge in [-0.25, -0.2) is 0 Å². The van der Waals surface area contributed by atoms with Gasteiger partial charge in [0.25, 0.3) is 0 Å². The number of hydrogen-bond acceptors (Lipinski definition) is 3. The topological polar surface area (TPSA) is 34.5 Å². The van der Waals surface area contributed by atoms with Crippen molar-refractivity contribution in [3.05, 3.63) is 146 Å². The highest BCUT2D eigenvalue weighted by Gasteiger charge is 2.24. The Balaban J connectivity index is 1.22. The summed E-state index contributed by atoms with van der Waals surface area (Å²) in [6.45, 7) is 10.8. The maximum atomic E-state index is 6.55. The number of furan rings is 2. The average Bonchev–Trinajstić information content (AvgIpc) is 3.80. The van der Waals surface area contributed by atoms with Crippen LogP contribution < -0.4 is 4.90 Å². The van der Waals surface area contributed by atoms with Crippen molar-refractivity contribution in [3.8, 4) is 11.1 Å². The predicted molar refractivity (Wildman–Crippen MR) is 202 cm³/mol. The van der Waals surface area contributed by atoms with Crippen LogP contribution in [0.5, 0.6) is 0 Å². The molecule has 48 heavy (non-hydrogen) atoms. The van der Waals surface area contributed by atoms with Crippen LogP contribution in [0.2, 0.25) is 0 Å². The first-order valence-corrected chi connectivity index (χ1v) is 16.4. The van der Waals surface area contributed by atoms with Crippen molar-refractivity contribution >= 4 is 77.9 Å². The Morgan fingerprint density at radius 2 is 1.25 bits per heavy atom. The fourth-order valence-corrected chi connectivity index (χ4v) is 7.39. The Morgan fingerprint density at radius 1 is 0.604 bits per heavy atom. The molecule has 0 saturated carbocycles. The van der Waals surface area contributed by atoms with Gasteiger partial charge in [-0.05, 0) is 80.4 Å². The van der Waals surface area contributed by atoms with Crippen LogP contribution in [0.25, 0.3) is 71.9 Å². The zero-order chi connectivity index (χ0) is 32.6. The predicted octanol–water partition coefficient (Wildman–Crippen LogP) is 13.0. The fourth-order valence-electron chi connectivity index (χ4n) is 7.39. The maximum absolute atomic E-state index is 6.55. The third-order valence-electron chi connectivity index (χ3n) is 9.50. The summed E-state index contributed by atoms with van der Waals surface area (Å²) < 4.78 is 15.2. The van der Waals surface area contributed by atoms with Gasteiger partial charge in [-0.1, -0.05) is 91.5 Å². The smallest absolute Gasteiger partial charge is 0.159 e. The quantitative estimate of drug-likeness (QED) is 0.191. The van der Waals surface area contributed by atoms with Gasteiger partial charge in [0.1, 0.15) is 5.58 Å². The Hall–Kier alpha value is -6.00. The van der Waals surface area contributed by atoms with Gasteiger partial charge in [0.15, 0.2) is 11.2 Å². The van der Waals surface area contributed by atoms with E-state index >= 15 is 0 Å². The molecular formula is C44H34N2O2. The summed E-state index contributed by atoms with van der Waals surface area (Å²) in [5.41, 5.74) is 11.1. The molecule has 0 amide bonds. The van der Waals surface area contributed by atoms with E-state index in [2.05, 4.69) is 152 Å². The Morgan fingerprint density at radius 3 is 2.02 bits per heavy atom. The zero-order valence-electron chi connectivity index (χ0n) is 27.2. The lowest BCUT2D eigenvalue weighted by molar-refractivity contribution is 0.423. The Kier molecular flexibility index (Phi) is 6.18. The van der Waals surface area contributed by atoms with Gasteiger partial charge < -0.3 is 18.3 Å². The van der Waals surface area contributed by atoms with E-state index in [-0.39, 0.29) is 5.54 Å². The van der Waals surface area contributed by atoms with Crippen molar-refractivity contribution in [3.63, 3.8) is 0 Å². The van der Waals surface area contributed by atoms with E-state index in [9.17, 15) is 0 Å². The number of benzene rings is 6. The number of fused-ring (bicyclic) bond motifs is 7. The fraction of sp³-hybridized carbons (Fsp3) is 0.0909. The molecular weight excluding hydrogens is 588 g/mol. The number of nitrogens with zero attached hydrogens (tertiary/aromatic N) is 2. The number of anilines is 3. The van der Waals surface area contributed by atoms with Gasteiger partial charge in [0.05, 0.1) is 17.6 Å². The molecule has 0 aliphatic heterocycles. The van der Waals surface area contributed by atoms with Crippen LogP contribution in [0, 0.1) is 0 Å². The molecule has 0 bridgehead atoms. The third-order valence-corrected chi connectivity index (χ3v) is 9.50. The summed E-state index contributed by atoms with van der Waals surface area (Å²) in [4.78, 5) is 2.24. The van der Waals surface area contributed by atoms with Crippen molar-refractivity contribution < 1.29 is 8.83 Å². The van der Waals surface area contributed by atoms with Gasteiger partial charge in [0, 0.05) is 54.8 Å². The van der Waals surface area contributed by atoms with Crippen LogP contribution in [-0.4, -0.2) is 4.57 Å². The second-order valence-electron chi connectivity index (χ2n) is 13.4. The minimum Gasteiger partial charge on any atom is -0.461 e. The lowest BCUT2D eigenvalue weighted by Gasteiger charge is -2.26. The number of aromatic nitrogens is 1. The van der Waals surface area contributed by atoms with E-state index < -0.39 is 0 Å². The van der Waals surface area contributed by atoms with Crippen LogP contribution in [0.4, 0.5) is 17.1 Å².